The van der Waals surface area contributed by atoms with Crippen molar-refractivity contribution in [3.8, 4) is 11.5 Å². The van der Waals surface area contributed by atoms with Crippen molar-refractivity contribution in [1.82, 2.24) is 0 Å². The van der Waals surface area contributed by atoms with Gasteiger partial charge in [0.15, 0.2) is 11.5 Å². The van der Waals surface area contributed by atoms with Gasteiger partial charge >= 0.3 is 6.61 Å². The highest BCUT2D eigenvalue weighted by atomic mass is 35.5. The molecule has 0 heterocycles. The maximum Gasteiger partial charge on any atom is 0.387 e. The van der Waals surface area contributed by atoms with Crippen molar-refractivity contribution in [3.05, 3.63) is 22.7 Å². The molecule has 0 amide bonds. The van der Waals surface area contributed by atoms with E-state index in [1.165, 1.54) is 19.2 Å². The van der Waals surface area contributed by atoms with Crippen molar-refractivity contribution in [2.45, 2.75) is 13.2 Å². The molecule has 1 rings (SSSR count). The first-order chi connectivity index (χ1) is 7.08. The highest BCUT2D eigenvalue weighted by Crippen LogP contribution is 2.35. The van der Waals surface area contributed by atoms with E-state index < -0.39 is 6.61 Å². The largest absolute Gasteiger partial charge is 0.493 e. The second kappa shape index (κ2) is 5.14. The lowest BCUT2D eigenvalue weighted by molar-refractivity contribution is -0.0518. The standard InChI is InChI=1S/C9H10ClF2NO2/c1-14-7-3-6(10)2-5(4-13)8(7)15-9(11)12/h2-3,9H,4,13H2,1H3. The van der Waals surface area contributed by atoms with Crippen molar-refractivity contribution in [2.24, 2.45) is 5.73 Å². The van der Waals surface area contributed by atoms with Gasteiger partial charge in [0.25, 0.3) is 0 Å². The smallest absolute Gasteiger partial charge is 0.387 e. The number of rotatable bonds is 4. The Labute approximate surface area is 90.7 Å². The maximum absolute atomic E-state index is 12.1. The zero-order valence-electron chi connectivity index (χ0n) is 7.97. The van der Waals surface area contributed by atoms with Gasteiger partial charge in [-0.05, 0) is 6.07 Å². The lowest BCUT2D eigenvalue weighted by atomic mass is 10.2. The lowest BCUT2D eigenvalue weighted by Crippen LogP contribution is -2.08. The van der Waals surface area contributed by atoms with E-state index in [-0.39, 0.29) is 18.0 Å². The summed E-state index contributed by atoms with van der Waals surface area (Å²) in [7, 11) is 1.34. The van der Waals surface area contributed by atoms with Gasteiger partial charge in [0.05, 0.1) is 7.11 Å². The summed E-state index contributed by atoms with van der Waals surface area (Å²) in [6, 6.07) is 2.85. The van der Waals surface area contributed by atoms with Crippen LogP contribution in [0.15, 0.2) is 12.1 Å². The minimum Gasteiger partial charge on any atom is -0.493 e. The molecule has 15 heavy (non-hydrogen) atoms. The van der Waals surface area contributed by atoms with Crippen LogP contribution in [0.25, 0.3) is 0 Å². The molecule has 0 aliphatic rings. The molecule has 0 radical (unpaired) electrons. The quantitative estimate of drug-likeness (QED) is 0.875. The fourth-order valence-electron chi connectivity index (χ4n) is 1.15. The molecule has 2 N–H and O–H groups in total. The first-order valence-electron chi connectivity index (χ1n) is 4.09. The van der Waals surface area contributed by atoms with E-state index in [0.29, 0.717) is 10.6 Å². The Morgan fingerprint density at radius 3 is 2.60 bits per heavy atom. The molecule has 3 nitrogen and oxygen atoms in total. The van der Waals surface area contributed by atoms with Gasteiger partial charge in [-0.1, -0.05) is 11.6 Å². The van der Waals surface area contributed by atoms with E-state index in [1.54, 1.807) is 0 Å². The van der Waals surface area contributed by atoms with E-state index in [9.17, 15) is 8.78 Å². The first-order valence-corrected chi connectivity index (χ1v) is 4.47. The molecule has 0 fully saturated rings. The molecule has 1 aromatic rings. The van der Waals surface area contributed by atoms with Crippen LogP contribution in [0.2, 0.25) is 5.02 Å². The van der Waals surface area contributed by atoms with Crippen molar-refractivity contribution < 1.29 is 18.3 Å². The van der Waals surface area contributed by atoms with Crippen LogP contribution in [0.3, 0.4) is 0 Å². The monoisotopic (exact) mass is 237 g/mol. The van der Waals surface area contributed by atoms with Gasteiger partial charge < -0.3 is 15.2 Å². The van der Waals surface area contributed by atoms with Gasteiger partial charge in [-0.3, -0.25) is 0 Å². The average Bonchev–Trinajstić information content (AvgIpc) is 2.19. The normalized spacial score (nSPS) is 10.5. The zero-order chi connectivity index (χ0) is 11.4. The summed E-state index contributed by atoms with van der Waals surface area (Å²) in [4.78, 5) is 0. The van der Waals surface area contributed by atoms with Gasteiger partial charge in [0.2, 0.25) is 0 Å². The first kappa shape index (κ1) is 12.0. The van der Waals surface area contributed by atoms with Crippen LogP contribution >= 0.6 is 11.6 Å². The van der Waals surface area contributed by atoms with E-state index in [2.05, 4.69) is 4.74 Å². The Morgan fingerprint density at radius 2 is 2.13 bits per heavy atom. The third-order valence-electron chi connectivity index (χ3n) is 1.74. The van der Waals surface area contributed by atoms with Crippen LogP contribution in [0.1, 0.15) is 5.56 Å². The zero-order valence-corrected chi connectivity index (χ0v) is 8.72. The molecule has 0 saturated heterocycles. The van der Waals surface area contributed by atoms with Crippen molar-refractivity contribution in [3.63, 3.8) is 0 Å². The number of ether oxygens (including phenoxy) is 2. The van der Waals surface area contributed by atoms with Gasteiger partial charge in [-0.25, -0.2) is 0 Å². The Balaban J connectivity index is 3.18. The predicted octanol–water partition coefficient (Wildman–Crippen LogP) is 2.41. The van der Waals surface area contributed by atoms with Crippen LogP contribution in [-0.2, 0) is 6.54 Å². The molecular formula is C9H10ClF2NO2. The Hall–Kier alpha value is -1.07. The van der Waals surface area contributed by atoms with E-state index in [1.807, 2.05) is 0 Å². The number of nitrogens with two attached hydrogens (primary N) is 1. The summed E-state index contributed by atoms with van der Waals surface area (Å²) in [5, 5.41) is 0.355. The molecule has 0 bridgehead atoms. The summed E-state index contributed by atoms with van der Waals surface area (Å²) in [6.07, 6.45) is 0. The van der Waals surface area contributed by atoms with Crippen molar-refractivity contribution in [2.75, 3.05) is 7.11 Å². The molecule has 0 saturated carbocycles. The second-order valence-corrected chi connectivity index (χ2v) is 3.12. The van der Waals surface area contributed by atoms with Crippen LogP contribution in [0, 0.1) is 0 Å². The fourth-order valence-corrected chi connectivity index (χ4v) is 1.38. The average molecular weight is 238 g/mol. The number of halogens is 3. The minimum atomic E-state index is -2.93. The molecule has 0 aliphatic carbocycles. The Bertz CT molecular complexity index is 322. The predicted molar refractivity (Wildman–Crippen MR) is 52.5 cm³/mol. The maximum atomic E-state index is 12.1. The van der Waals surface area contributed by atoms with Crippen LogP contribution < -0.4 is 15.2 Å². The molecule has 0 aliphatic heterocycles. The second-order valence-electron chi connectivity index (χ2n) is 2.68. The van der Waals surface area contributed by atoms with E-state index >= 15 is 0 Å². The summed E-state index contributed by atoms with van der Waals surface area (Å²) in [5.74, 6) is 0.0719. The molecule has 1 aromatic carbocycles. The van der Waals surface area contributed by atoms with Crippen molar-refractivity contribution >= 4 is 11.6 Å². The topological polar surface area (TPSA) is 44.5 Å². The van der Waals surface area contributed by atoms with Gasteiger partial charge in [-0.2, -0.15) is 8.78 Å². The Kier molecular flexibility index (Phi) is 4.11. The highest BCUT2D eigenvalue weighted by molar-refractivity contribution is 6.30. The molecular weight excluding hydrogens is 228 g/mol. The van der Waals surface area contributed by atoms with Crippen LogP contribution in [0.4, 0.5) is 8.78 Å². The third kappa shape index (κ3) is 2.94. The van der Waals surface area contributed by atoms with E-state index in [0.717, 1.165) is 0 Å². The summed E-state index contributed by atoms with van der Waals surface area (Å²) >= 11 is 5.74. The van der Waals surface area contributed by atoms with E-state index in [4.69, 9.17) is 22.1 Å². The number of methoxy groups -OCH3 is 1. The summed E-state index contributed by atoms with van der Waals surface area (Å²) < 4.78 is 33.4. The molecule has 6 heteroatoms. The molecule has 84 valence electrons. The van der Waals surface area contributed by atoms with Crippen LogP contribution in [-0.4, -0.2) is 13.7 Å². The molecule has 0 unspecified atom stereocenters. The third-order valence-corrected chi connectivity index (χ3v) is 1.96. The van der Waals surface area contributed by atoms with Gasteiger partial charge in [-0.15, -0.1) is 0 Å². The number of hydrogen-bond acceptors (Lipinski definition) is 3. The summed E-state index contributed by atoms with van der Waals surface area (Å²) in [5.41, 5.74) is 5.75. The fraction of sp³-hybridized carbons (Fsp3) is 0.333. The summed E-state index contributed by atoms with van der Waals surface area (Å²) in [6.45, 7) is -2.88. The lowest BCUT2D eigenvalue weighted by Gasteiger charge is -2.13. The Morgan fingerprint density at radius 1 is 1.47 bits per heavy atom. The SMILES string of the molecule is COc1cc(Cl)cc(CN)c1OC(F)F. The minimum absolute atomic E-state index is 0.0406. The highest BCUT2D eigenvalue weighted by Gasteiger charge is 2.15. The molecule has 0 spiro atoms. The van der Waals surface area contributed by atoms with Gasteiger partial charge in [0, 0.05) is 23.2 Å². The van der Waals surface area contributed by atoms with Crippen molar-refractivity contribution in [1.29, 1.82) is 0 Å². The number of benzene rings is 1. The molecule has 0 atom stereocenters. The molecule has 0 aromatic heterocycles. The van der Waals surface area contributed by atoms with Crippen LogP contribution in [0.5, 0.6) is 11.5 Å². The number of hydrogen-bond donors (Lipinski definition) is 1. The van der Waals surface area contributed by atoms with Gasteiger partial charge in [0.1, 0.15) is 0 Å². The number of alkyl halides is 2.